The van der Waals surface area contributed by atoms with E-state index in [1.54, 1.807) is 4.90 Å². The number of carbonyl (C=O) groups excluding carboxylic acids is 2. The molecule has 0 saturated carbocycles. The molecule has 1 aliphatic heterocycles. The van der Waals surface area contributed by atoms with Gasteiger partial charge in [0.25, 0.3) is 0 Å². The highest BCUT2D eigenvalue weighted by molar-refractivity contribution is 5.88. The molecule has 1 fully saturated rings. The topological polar surface area (TPSA) is 69.6 Å². The van der Waals surface area contributed by atoms with E-state index in [-0.39, 0.29) is 31.0 Å². The average Bonchev–Trinajstić information content (AvgIpc) is 2.73. The maximum Gasteiger partial charge on any atom is 0.242 e. The minimum Gasteiger partial charge on any atom is -0.395 e. The molecule has 1 heterocycles. The zero-order valence-electron chi connectivity index (χ0n) is 10.6. The van der Waals surface area contributed by atoms with Gasteiger partial charge in [-0.2, -0.15) is 0 Å². The number of nitrogens with zero attached hydrogens (tertiary/aromatic N) is 1. The Morgan fingerprint density at radius 1 is 1.47 bits per heavy atom. The van der Waals surface area contributed by atoms with Crippen LogP contribution in [0.3, 0.4) is 0 Å². The standard InChI is InChI=1S/C12H22N2O3/c1-9(2)8-11(16)14-6-3-4-10(14)12(17)13-5-7-15/h9-10,15H,3-8H2,1-2H3,(H,13,17)/t10-/m0/s1. The monoisotopic (exact) mass is 242 g/mol. The van der Waals surface area contributed by atoms with Crippen molar-refractivity contribution < 1.29 is 14.7 Å². The van der Waals surface area contributed by atoms with Crippen LogP contribution in [0.25, 0.3) is 0 Å². The molecule has 0 aromatic rings. The molecule has 2 amide bonds. The highest BCUT2D eigenvalue weighted by Crippen LogP contribution is 2.19. The van der Waals surface area contributed by atoms with Gasteiger partial charge in [-0.05, 0) is 18.8 Å². The number of rotatable bonds is 5. The van der Waals surface area contributed by atoms with Crippen molar-refractivity contribution in [3.63, 3.8) is 0 Å². The third-order valence-corrected chi connectivity index (χ3v) is 2.87. The van der Waals surface area contributed by atoms with Gasteiger partial charge in [-0.25, -0.2) is 0 Å². The van der Waals surface area contributed by atoms with Gasteiger partial charge >= 0.3 is 0 Å². The minimum atomic E-state index is -0.340. The van der Waals surface area contributed by atoms with E-state index < -0.39 is 0 Å². The summed E-state index contributed by atoms with van der Waals surface area (Å²) in [5.74, 6) is 0.222. The Hall–Kier alpha value is -1.10. The van der Waals surface area contributed by atoms with Crippen molar-refractivity contribution >= 4 is 11.8 Å². The van der Waals surface area contributed by atoms with E-state index in [9.17, 15) is 9.59 Å². The zero-order chi connectivity index (χ0) is 12.8. The first-order valence-corrected chi connectivity index (χ1v) is 6.24. The second-order valence-corrected chi connectivity index (χ2v) is 4.86. The Bertz CT molecular complexity index is 279. The van der Waals surface area contributed by atoms with E-state index in [4.69, 9.17) is 5.11 Å². The zero-order valence-corrected chi connectivity index (χ0v) is 10.6. The quantitative estimate of drug-likeness (QED) is 0.720. The SMILES string of the molecule is CC(C)CC(=O)N1CCC[C@H]1C(=O)NCCO. The molecule has 98 valence electrons. The lowest BCUT2D eigenvalue weighted by molar-refractivity contribution is -0.139. The largest absolute Gasteiger partial charge is 0.395 e. The number of aliphatic hydroxyl groups excluding tert-OH is 1. The molecular weight excluding hydrogens is 220 g/mol. The van der Waals surface area contributed by atoms with Gasteiger partial charge in [-0.15, -0.1) is 0 Å². The van der Waals surface area contributed by atoms with Gasteiger partial charge < -0.3 is 15.3 Å². The van der Waals surface area contributed by atoms with E-state index in [1.807, 2.05) is 13.8 Å². The molecule has 0 bridgehead atoms. The minimum absolute atomic E-state index is 0.0571. The second-order valence-electron chi connectivity index (χ2n) is 4.86. The molecule has 1 aliphatic rings. The lowest BCUT2D eigenvalue weighted by Crippen LogP contribution is -2.46. The van der Waals surface area contributed by atoms with Gasteiger partial charge in [0.1, 0.15) is 6.04 Å². The Morgan fingerprint density at radius 2 is 2.18 bits per heavy atom. The van der Waals surface area contributed by atoms with Crippen LogP contribution in [-0.4, -0.2) is 47.6 Å². The van der Waals surface area contributed by atoms with Crippen molar-refractivity contribution in [3.8, 4) is 0 Å². The van der Waals surface area contributed by atoms with E-state index in [1.165, 1.54) is 0 Å². The predicted molar refractivity (Wildman–Crippen MR) is 64.3 cm³/mol. The molecule has 2 N–H and O–H groups in total. The van der Waals surface area contributed by atoms with Crippen molar-refractivity contribution in [2.45, 2.75) is 39.2 Å². The Morgan fingerprint density at radius 3 is 2.76 bits per heavy atom. The maximum atomic E-state index is 11.9. The predicted octanol–water partition coefficient (Wildman–Crippen LogP) is 0.132. The molecule has 1 atom stereocenters. The Labute approximate surface area is 102 Å². The molecule has 0 radical (unpaired) electrons. The van der Waals surface area contributed by atoms with E-state index >= 15 is 0 Å². The van der Waals surface area contributed by atoms with Crippen LogP contribution in [0.2, 0.25) is 0 Å². The number of carbonyl (C=O) groups is 2. The fraction of sp³-hybridized carbons (Fsp3) is 0.833. The summed E-state index contributed by atoms with van der Waals surface area (Å²) in [4.78, 5) is 25.4. The van der Waals surface area contributed by atoms with Crippen molar-refractivity contribution in [1.82, 2.24) is 10.2 Å². The molecule has 5 heteroatoms. The van der Waals surface area contributed by atoms with Gasteiger partial charge in [0.2, 0.25) is 11.8 Å². The van der Waals surface area contributed by atoms with Gasteiger partial charge in [0, 0.05) is 19.5 Å². The summed E-state index contributed by atoms with van der Waals surface area (Å²) in [6.07, 6.45) is 2.09. The average molecular weight is 242 g/mol. The maximum absolute atomic E-state index is 11.9. The van der Waals surface area contributed by atoms with Gasteiger partial charge in [0.05, 0.1) is 6.61 Å². The molecule has 0 unspecified atom stereocenters. The lowest BCUT2D eigenvalue weighted by Gasteiger charge is -2.24. The van der Waals surface area contributed by atoms with E-state index in [2.05, 4.69) is 5.32 Å². The lowest BCUT2D eigenvalue weighted by atomic mass is 10.1. The Kier molecular flexibility index (Phi) is 5.41. The van der Waals surface area contributed by atoms with Crippen molar-refractivity contribution in [2.24, 2.45) is 5.92 Å². The fourth-order valence-corrected chi connectivity index (χ4v) is 2.10. The highest BCUT2D eigenvalue weighted by Gasteiger charge is 2.33. The first-order chi connectivity index (χ1) is 8.06. The third kappa shape index (κ3) is 4.00. The first-order valence-electron chi connectivity index (χ1n) is 6.24. The van der Waals surface area contributed by atoms with Crippen LogP contribution in [0.4, 0.5) is 0 Å². The van der Waals surface area contributed by atoms with Crippen molar-refractivity contribution in [1.29, 1.82) is 0 Å². The molecule has 1 rings (SSSR count). The first kappa shape index (κ1) is 14.0. The van der Waals surface area contributed by atoms with Crippen LogP contribution in [0.5, 0.6) is 0 Å². The molecule has 0 spiro atoms. The van der Waals surface area contributed by atoms with E-state index in [0.717, 1.165) is 12.8 Å². The van der Waals surface area contributed by atoms with Crippen LogP contribution in [0.15, 0.2) is 0 Å². The molecule has 1 saturated heterocycles. The normalized spacial score (nSPS) is 19.8. The van der Waals surface area contributed by atoms with Crippen LogP contribution in [-0.2, 0) is 9.59 Å². The number of likely N-dealkylation sites (tertiary alicyclic amines) is 1. The summed E-state index contributed by atoms with van der Waals surface area (Å²) in [7, 11) is 0. The third-order valence-electron chi connectivity index (χ3n) is 2.87. The van der Waals surface area contributed by atoms with Crippen LogP contribution >= 0.6 is 0 Å². The molecule has 0 aromatic carbocycles. The van der Waals surface area contributed by atoms with Gasteiger partial charge in [-0.3, -0.25) is 9.59 Å². The van der Waals surface area contributed by atoms with Gasteiger partial charge in [-0.1, -0.05) is 13.8 Å². The fourth-order valence-electron chi connectivity index (χ4n) is 2.10. The summed E-state index contributed by atoms with van der Waals surface area (Å²) in [6, 6.07) is -0.340. The van der Waals surface area contributed by atoms with Gasteiger partial charge in [0.15, 0.2) is 0 Å². The van der Waals surface area contributed by atoms with Crippen LogP contribution < -0.4 is 5.32 Å². The second kappa shape index (κ2) is 6.59. The number of aliphatic hydroxyl groups is 1. The molecule has 5 nitrogen and oxygen atoms in total. The van der Waals surface area contributed by atoms with Crippen LogP contribution in [0.1, 0.15) is 33.1 Å². The summed E-state index contributed by atoms with van der Waals surface area (Å²) < 4.78 is 0. The number of hydrogen-bond donors (Lipinski definition) is 2. The molecular formula is C12H22N2O3. The molecule has 0 aromatic heterocycles. The summed E-state index contributed by atoms with van der Waals surface area (Å²) in [6.45, 7) is 4.84. The summed E-state index contributed by atoms with van der Waals surface area (Å²) in [5, 5.41) is 11.3. The number of nitrogens with one attached hydrogen (secondary N) is 1. The summed E-state index contributed by atoms with van der Waals surface area (Å²) >= 11 is 0. The smallest absolute Gasteiger partial charge is 0.242 e. The molecule has 0 aliphatic carbocycles. The number of hydrogen-bond acceptors (Lipinski definition) is 3. The Balaban J connectivity index is 2.53. The van der Waals surface area contributed by atoms with Crippen molar-refractivity contribution in [2.75, 3.05) is 19.7 Å². The van der Waals surface area contributed by atoms with Crippen LogP contribution in [0, 0.1) is 5.92 Å². The van der Waals surface area contributed by atoms with Crippen molar-refractivity contribution in [3.05, 3.63) is 0 Å². The molecule has 17 heavy (non-hydrogen) atoms. The van der Waals surface area contributed by atoms with E-state index in [0.29, 0.717) is 18.9 Å². The number of amides is 2. The summed E-state index contributed by atoms with van der Waals surface area (Å²) in [5.41, 5.74) is 0. The highest BCUT2D eigenvalue weighted by atomic mass is 16.3.